The quantitative estimate of drug-likeness (QED) is 0.772. The maximum Gasteiger partial charge on any atom is 0.335 e. The number of carboxylic acid groups (broad SMARTS) is 1. The molecule has 3 aromatic rings. The second-order valence-corrected chi connectivity index (χ2v) is 4.90. The zero-order valence-corrected chi connectivity index (χ0v) is 11.9. The van der Waals surface area contributed by atoms with Gasteiger partial charge in [0.15, 0.2) is 0 Å². The molecule has 0 bridgehead atoms. The molecule has 0 aliphatic rings. The molecular formula is C16H14N2O4. The molecule has 0 radical (unpaired) electrons. The molecule has 0 atom stereocenters. The lowest BCUT2D eigenvalue weighted by molar-refractivity contribution is 0.0697. The molecule has 0 amide bonds. The molecule has 0 saturated carbocycles. The van der Waals surface area contributed by atoms with Crippen molar-refractivity contribution in [3.05, 3.63) is 64.1 Å². The summed E-state index contributed by atoms with van der Waals surface area (Å²) < 4.78 is 6.68. The predicted molar refractivity (Wildman–Crippen MR) is 81.6 cm³/mol. The van der Waals surface area contributed by atoms with E-state index >= 15 is 0 Å². The average Bonchev–Trinajstić information content (AvgIpc) is 2.83. The molecule has 0 fully saturated rings. The number of imidazole rings is 1. The summed E-state index contributed by atoms with van der Waals surface area (Å²) in [5, 5.41) is 8.99. The van der Waals surface area contributed by atoms with Gasteiger partial charge in [-0.2, -0.15) is 0 Å². The average molecular weight is 298 g/mol. The van der Waals surface area contributed by atoms with Gasteiger partial charge in [-0.3, -0.25) is 4.57 Å². The van der Waals surface area contributed by atoms with Crippen molar-refractivity contribution in [3.8, 4) is 5.75 Å². The van der Waals surface area contributed by atoms with E-state index in [0.29, 0.717) is 17.6 Å². The minimum atomic E-state index is -1.02. The molecule has 22 heavy (non-hydrogen) atoms. The van der Waals surface area contributed by atoms with E-state index < -0.39 is 5.97 Å². The van der Waals surface area contributed by atoms with Crippen LogP contribution in [0.4, 0.5) is 0 Å². The molecule has 6 nitrogen and oxygen atoms in total. The Balaban J connectivity index is 2.01. The third kappa shape index (κ3) is 2.46. The molecule has 0 aliphatic heterocycles. The lowest BCUT2D eigenvalue weighted by Gasteiger charge is -2.05. The number of rotatable bonds is 4. The third-order valence-corrected chi connectivity index (χ3v) is 3.52. The molecule has 1 aromatic heterocycles. The van der Waals surface area contributed by atoms with Crippen LogP contribution in [0.25, 0.3) is 11.0 Å². The van der Waals surface area contributed by atoms with E-state index in [2.05, 4.69) is 4.98 Å². The van der Waals surface area contributed by atoms with E-state index in [1.165, 1.54) is 12.1 Å². The van der Waals surface area contributed by atoms with Crippen LogP contribution >= 0.6 is 0 Å². The number of hydrogen-bond donors (Lipinski definition) is 2. The first-order valence-corrected chi connectivity index (χ1v) is 6.67. The summed E-state index contributed by atoms with van der Waals surface area (Å²) in [4.78, 5) is 25.7. The maximum atomic E-state index is 12.1. The summed E-state index contributed by atoms with van der Waals surface area (Å²) in [7, 11) is 1.60. The first kappa shape index (κ1) is 13.9. The van der Waals surface area contributed by atoms with E-state index in [9.17, 15) is 9.59 Å². The van der Waals surface area contributed by atoms with Crippen molar-refractivity contribution in [2.75, 3.05) is 7.11 Å². The highest BCUT2D eigenvalue weighted by Gasteiger charge is 2.10. The van der Waals surface area contributed by atoms with Gasteiger partial charge >= 0.3 is 11.7 Å². The number of aromatic carboxylic acids is 1. The van der Waals surface area contributed by atoms with E-state index in [4.69, 9.17) is 9.84 Å². The second-order valence-electron chi connectivity index (χ2n) is 4.90. The molecule has 2 aromatic carbocycles. The molecule has 0 spiro atoms. The Bertz CT molecular complexity index is 891. The number of carboxylic acids is 1. The molecule has 1 heterocycles. The van der Waals surface area contributed by atoms with Crippen molar-refractivity contribution in [2.24, 2.45) is 0 Å². The second kappa shape index (κ2) is 5.40. The normalized spacial score (nSPS) is 10.8. The lowest BCUT2D eigenvalue weighted by atomic mass is 10.2. The highest BCUT2D eigenvalue weighted by atomic mass is 16.5. The summed E-state index contributed by atoms with van der Waals surface area (Å²) in [6, 6.07) is 12.0. The molecule has 0 unspecified atom stereocenters. The molecule has 3 rings (SSSR count). The minimum Gasteiger partial charge on any atom is -0.497 e. The van der Waals surface area contributed by atoms with Gasteiger partial charge in [0.25, 0.3) is 0 Å². The number of ether oxygens (including phenoxy) is 1. The number of H-pyrrole nitrogens is 1. The Kier molecular flexibility index (Phi) is 3.42. The summed E-state index contributed by atoms with van der Waals surface area (Å²) in [5.41, 5.74) is 2.01. The van der Waals surface area contributed by atoms with Crippen LogP contribution in [-0.2, 0) is 6.54 Å². The number of carbonyl (C=O) groups is 1. The van der Waals surface area contributed by atoms with Crippen molar-refractivity contribution in [1.29, 1.82) is 0 Å². The SMILES string of the molecule is COc1ccc(Cn2c(=O)[nH]c3cc(C(=O)O)ccc32)cc1. The predicted octanol–water partition coefficient (Wildman–Crippen LogP) is 2.08. The van der Waals surface area contributed by atoms with E-state index in [0.717, 1.165) is 11.3 Å². The summed E-state index contributed by atoms with van der Waals surface area (Å²) in [6.07, 6.45) is 0. The maximum absolute atomic E-state index is 12.1. The van der Waals surface area contributed by atoms with Gasteiger partial charge in [0.2, 0.25) is 0 Å². The van der Waals surface area contributed by atoms with Gasteiger partial charge < -0.3 is 14.8 Å². The van der Waals surface area contributed by atoms with Crippen molar-refractivity contribution < 1.29 is 14.6 Å². The Morgan fingerprint density at radius 3 is 2.59 bits per heavy atom. The first-order valence-electron chi connectivity index (χ1n) is 6.67. The standard InChI is InChI=1S/C16H14N2O4/c1-22-12-5-2-10(3-6-12)9-18-14-7-4-11(15(19)20)8-13(14)17-16(18)21/h2-8H,9H2,1H3,(H,17,21)(H,19,20). The number of nitrogens with one attached hydrogen (secondary N) is 1. The largest absolute Gasteiger partial charge is 0.497 e. The van der Waals surface area contributed by atoms with Gasteiger partial charge in [-0.1, -0.05) is 12.1 Å². The van der Waals surface area contributed by atoms with Gasteiger partial charge in [0.05, 0.1) is 30.3 Å². The van der Waals surface area contributed by atoms with Crippen LogP contribution in [-0.4, -0.2) is 27.7 Å². The number of fused-ring (bicyclic) bond motifs is 1. The van der Waals surface area contributed by atoms with Crippen LogP contribution in [0.5, 0.6) is 5.75 Å². The Morgan fingerprint density at radius 2 is 1.95 bits per heavy atom. The lowest BCUT2D eigenvalue weighted by Crippen LogP contribution is -2.17. The summed E-state index contributed by atoms with van der Waals surface area (Å²) >= 11 is 0. The monoisotopic (exact) mass is 298 g/mol. The Hall–Kier alpha value is -3.02. The summed E-state index contributed by atoms with van der Waals surface area (Å²) in [5.74, 6) is -0.272. The Labute approximate surface area is 125 Å². The Morgan fingerprint density at radius 1 is 1.23 bits per heavy atom. The topological polar surface area (TPSA) is 84.3 Å². The van der Waals surface area contributed by atoms with Crippen LogP contribution < -0.4 is 10.4 Å². The zero-order valence-electron chi connectivity index (χ0n) is 11.9. The first-order chi connectivity index (χ1) is 10.6. The number of aromatic nitrogens is 2. The van der Waals surface area contributed by atoms with Gasteiger partial charge in [-0.25, -0.2) is 9.59 Å². The smallest absolute Gasteiger partial charge is 0.335 e. The van der Waals surface area contributed by atoms with Gasteiger partial charge in [-0.15, -0.1) is 0 Å². The molecule has 0 saturated heterocycles. The highest BCUT2D eigenvalue weighted by molar-refractivity contribution is 5.92. The van der Waals surface area contributed by atoms with Gasteiger partial charge in [-0.05, 0) is 35.9 Å². The fraction of sp³-hybridized carbons (Fsp3) is 0.125. The van der Waals surface area contributed by atoms with Crippen LogP contribution in [0.1, 0.15) is 15.9 Å². The molecule has 6 heteroatoms. The highest BCUT2D eigenvalue weighted by Crippen LogP contribution is 2.16. The van der Waals surface area contributed by atoms with Crippen molar-refractivity contribution in [3.63, 3.8) is 0 Å². The molecule has 0 aliphatic carbocycles. The van der Waals surface area contributed by atoms with E-state index in [-0.39, 0.29) is 11.3 Å². The van der Waals surface area contributed by atoms with Gasteiger partial charge in [0.1, 0.15) is 5.75 Å². The van der Waals surface area contributed by atoms with Crippen molar-refractivity contribution in [2.45, 2.75) is 6.54 Å². The van der Waals surface area contributed by atoms with Crippen molar-refractivity contribution >= 4 is 17.0 Å². The minimum absolute atomic E-state index is 0.144. The fourth-order valence-electron chi connectivity index (χ4n) is 2.37. The van der Waals surface area contributed by atoms with E-state index in [1.54, 1.807) is 17.7 Å². The molecular weight excluding hydrogens is 284 g/mol. The molecule has 2 N–H and O–H groups in total. The van der Waals surface area contributed by atoms with Crippen LogP contribution in [0.15, 0.2) is 47.3 Å². The number of hydrogen-bond acceptors (Lipinski definition) is 3. The van der Waals surface area contributed by atoms with Crippen LogP contribution in [0.2, 0.25) is 0 Å². The van der Waals surface area contributed by atoms with E-state index in [1.807, 2.05) is 24.3 Å². The number of nitrogens with zero attached hydrogens (tertiary/aromatic N) is 1. The van der Waals surface area contributed by atoms with Crippen LogP contribution in [0, 0.1) is 0 Å². The number of benzene rings is 2. The van der Waals surface area contributed by atoms with Gasteiger partial charge in [0, 0.05) is 0 Å². The fourth-order valence-corrected chi connectivity index (χ4v) is 2.37. The molecule has 112 valence electrons. The number of methoxy groups -OCH3 is 1. The summed E-state index contributed by atoms with van der Waals surface area (Å²) in [6.45, 7) is 0.398. The van der Waals surface area contributed by atoms with Crippen LogP contribution in [0.3, 0.4) is 0 Å². The zero-order chi connectivity index (χ0) is 15.7. The number of aromatic amines is 1. The van der Waals surface area contributed by atoms with Crippen molar-refractivity contribution in [1.82, 2.24) is 9.55 Å². The third-order valence-electron chi connectivity index (χ3n) is 3.52.